The molecule has 0 spiro atoms. The second-order valence-corrected chi connectivity index (χ2v) is 7.26. The Morgan fingerprint density at radius 1 is 1.36 bits per heavy atom. The molecule has 6 nitrogen and oxygen atoms in total. The van der Waals surface area contributed by atoms with Crippen molar-refractivity contribution in [2.24, 2.45) is 0 Å². The van der Waals surface area contributed by atoms with Gasteiger partial charge in [0.15, 0.2) is 5.69 Å². The zero-order valence-corrected chi connectivity index (χ0v) is 13.9. The summed E-state index contributed by atoms with van der Waals surface area (Å²) in [4.78, 5) is 23.7. The molecule has 1 aliphatic rings. The van der Waals surface area contributed by atoms with Crippen LogP contribution in [0.3, 0.4) is 0 Å². The molecule has 6 heteroatoms. The molecule has 1 aliphatic carbocycles. The summed E-state index contributed by atoms with van der Waals surface area (Å²) in [5.74, 6) is -1.01. The highest BCUT2D eigenvalue weighted by atomic mass is 16.4. The molecule has 1 aromatic heterocycles. The van der Waals surface area contributed by atoms with Gasteiger partial charge in [-0.3, -0.25) is 9.48 Å². The molecule has 2 N–H and O–H groups in total. The van der Waals surface area contributed by atoms with Gasteiger partial charge in [-0.1, -0.05) is 6.92 Å². The van der Waals surface area contributed by atoms with Gasteiger partial charge in [-0.05, 0) is 53.0 Å². The highest BCUT2D eigenvalue weighted by Crippen LogP contribution is 2.41. The van der Waals surface area contributed by atoms with Gasteiger partial charge in [0, 0.05) is 11.6 Å². The van der Waals surface area contributed by atoms with Crippen LogP contribution in [-0.4, -0.2) is 32.3 Å². The van der Waals surface area contributed by atoms with E-state index in [4.69, 9.17) is 0 Å². The van der Waals surface area contributed by atoms with E-state index >= 15 is 0 Å². The molecule has 1 fully saturated rings. The standard InChI is InChI=1S/C16H25N3O3/c1-6-16(5,14(21)22)17-13(20)11-9-12(10-7-8-10)19(18-11)15(2,3)4/h9-10H,6-8H2,1-5H3,(H,17,20)(H,21,22). The third kappa shape index (κ3) is 3.15. The Labute approximate surface area is 130 Å². The van der Waals surface area contributed by atoms with Crippen molar-refractivity contribution in [2.75, 3.05) is 0 Å². The van der Waals surface area contributed by atoms with E-state index in [1.165, 1.54) is 6.92 Å². The average molecular weight is 307 g/mol. The second kappa shape index (κ2) is 5.41. The number of carboxylic acids is 1. The third-order valence-electron chi connectivity index (χ3n) is 4.17. The fourth-order valence-corrected chi connectivity index (χ4v) is 2.32. The third-order valence-corrected chi connectivity index (χ3v) is 4.17. The molecular weight excluding hydrogens is 282 g/mol. The Morgan fingerprint density at radius 2 is 1.95 bits per heavy atom. The molecule has 0 aromatic carbocycles. The van der Waals surface area contributed by atoms with Crippen LogP contribution in [0, 0.1) is 0 Å². The van der Waals surface area contributed by atoms with Crippen LogP contribution in [0.2, 0.25) is 0 Å². The van der Waals surface area contributed by atoms with Crippen molar-refractivity contribution in [1.29, 1.82) is 0 Å². The van der Waals surface area contributed by atoms with Crippen molar-refractivity contribution >= 4 is 11.9 Å². The lowest BCUT2D eigenvalue weighted by Gasteiger charge is -2.24. The number of nitrogens with one attached hydrogen (secondary N) is 1. The van der Waals surface area contributed by atoms with Gasteiger partial charge in [0.05, 0.1) is 5.54 Å². The molecule has 0 radical (unpaired) electrons. The highest BCUT2D eigenvalue weighted by Gasteiger charge is 2.36. The molecule has 0 aliphatic heterocycles. The number of carbonyl (C=O) groups is 2. The lowest BCUT2D eigenvalue weighted by molar-refractivity contribution is -0.143. The fourth-order valence-electron chi connectivity index (χ4n) is 2.32. The first-order chi connectivity index (χ1) is 10.1. The van der Waals surface area contributed by atoms with E-state index in [-0.39, 0.29) is 11.2 Å². The van der Waals surface area contributed by atoms with Gasteiger partial charge >= 0.3 is 5.97 Å². The summed E-state index contributed by atoms with van der Waals surface area (Å²) >= 11 is 0. The quantitative estimate of drug-likeness (QED) is 0.875. The second-order valence-electron chi connectivity index (χ2n) is 7.26. The fraction of sp³-hybridized carbons (Fsp3) is 0.688. The monoisotopic (exact) mass is 307 g/mol. The number of nitrogens with zero attached hydrogens (tertiary/aromatic N) is 2. The Balaban J connectivity index is 2.29. The molecule has 1 atom stereocenters. The largest absolute Gasteiger partial charge is 0.480 e. The highest BCUT2D eigenvalue weighted by molar-refractivity contribution is 5.96. The topological polar surface area (TPSA) is 84.2 Å². The van der Waals surface area contributed by atoms with Gasteiger partial charge in [-0.25, -0.2) is 4.79 Å². The molecule has 122 valence electrons. The molecule has 1 saturated carbocycles. The van der Waals surface area contributed by atoms with Gasteiger partial charge in [-0.15, -0.1) is 0 Å². The first kappa shape index (κ1) is 16.5. The zero-order valence-electron chi connectivity index (χ0n) is 13.9. The minimum absolute atomic E-state index is 0.211. The molecule has 1 amide bonds. The van der Waals surface area contributed by atoms with Crippen LogP contribution in [0.25, 0.3) is 0 Å². The summed E-state index contributed by atoms with van der Waals surface area (Å²) in [7, 11) is 0. The van der Waals surface area contributed by atoms with Crippen molar-refractivity contribution in [3.8, 4) is 0 Å². The van der Waals surface area contributed by atoms with E-state index in [0.29, 0.717) is 12.3 Å². The van der Waals surface area contributed by atoms with E-state index in [1.54, 1.807) is 13.0 Å². The number of rotatable bonds is 5. The van der Waals surface area contributed by atoms with Crippen molar-refractivity contribution in [2.45, 2.75) is 70.9 Å². The average Bonchev–Trinajstić information content (AvgIpc) is 3.15. The van der Waals surface area contributed by atoms with E-state index in [2.05, 4.69) is 10.4 Å². The summed E-state index contributed by atoms with van der Waals surface area (Å²) < 4.78 is 1.89. The predicted molar refractivity (Wildman–Crippen MR) is 83.0 cm³/mol. The van der Waals surface area contributed by atoms with Gasteiger partial charge in [0.1, 0.15) is 5.54 Å². The number of aromatic nitrogens is 2. The maximum absolute atomic E-state index is 12.4. The van der Waals surface area contributed by atoms with Gasteiger partial charge in [0.25, 0.3) is 5.91 Å². The van der Waals surface area contributed by atoms with E-state index in [9.17, 15) is 14.7 Å². The maximum atomic E-state index is 12.4. The number of carbonyl (C=O) groups excluding carboxylic acids is 1. The van der Waals surface area contributed by atoms with Crippen LogP contribution in [-0.2, 0) is 10.3 Å². The van der Waals surface area contributed by atoms with Crippen LogP contribution in [0.15, 0.2) is 6.07 Å². The first-order valence-corrected chi connectivity index (χ1v) is 7.75. The van der Waals surface area contributed by atoms with Crippen molar-refractivity contribution in [3.05, 3.63) is 17.5 Å². The lowest BCUT2D eigenvalue weighted by atomic mass is 9.99. The molecule has 0 saturated heterocycles. The van der Waals surface area contributed by atoms with Crippen molar-refractivity contribution in [3.63, 3.8) is 0 Å². The minimum Gasteiger partial charge on any atom is -0.480 e. The molecule has 0 bridgehead atoms. The molecular formula is C16H25N3O3. The molecule has 1 heterocycles. The summed E-state index contributed by atoms with van der Waals surface area (Å²) in [6.45, 7) is 9.37. The summed E-state index contributed by atoms with van der Waals surface area (Å²) in [6, 6.07) is 1.80. The predicted octanol–water partition coefficient (Wildman–Crippen LogP) is 2.50. The Hall–Kier alpha value is -1.85. The molecule has 1 aromatic rings. The van der Waals surface area contributed by atoms with E-state index < -0.39 is 17.4 Å². The van der Waals surface area contributed by atoms with Crippen LogP contribution in [0.1, 0.15) is 76.0 Å². The molecule has 2 rings (SSSR count). The zero-order chi connectivity index (χ0) is 16.7. The SMILES string of the molecule is CCC(C)(NC(=O)c1cc(C2CC2)n(C(C)(C)C)n1)C(=O)O. The first-order valence-electron chi connectivity index (χ1n) is 7.75. The van der Waals surface area contributed by atoms with Crippen molar-refractivity contribution in [1.82, 2.24) is 15.1 Å². The van der Waals surface area contributed by atoms with Crippen LogP contribution < -0.4 is 5.32 Å². The number of aliphatic carboxylic acids is 1. The number of amides is 1. The van der Waals surface area contributed by atoms with Crippen molar-refractivity contribution < 1.29 is 14.7 Å². The van der Waals surface area contributed by atoms with Crippen LogP contribution in [0.4, 0.5) is 0 Å². The maximum Gasteiger partial charge on any atom is 0.329 e. The van der Waals surface area contributed by atoms with Crippen LogP contribution >= 0.6 is 0 Å². The van der Waals surface area contributed by atoms with Gasteiger partial charge < -0.3 is 10.4 Å². The summed E-state index contributed by atoms with van der Waals surface area (Å²) in [5, 5.41) is 16.3. The van der Waals surface area contributed by atoms with E-state index in [1.807, 2.05) is 25.5 Å². The number of hydrogen-bond acceptors (Lipinski definition) is 3. The number of carboxylic acid groups (broad SMARTS) is 1. The molecule has 22 heavy (non-hydrogen) atoms. The minimum atomic E-state index is -1.28. The Morgan fingerprint density at radius 3 is 2.36 bits per heavy atom. The molecule has 1 unspecified atom stereocenters. The lowest BCUT2D eigenvalue weighted by Crippen LogP contribution is -2.51. The Bertz CT molecular complexity index is 596. The summed E-state index contributed by atoms with van der Waals surface area (Å²) in [5.41, 5.74) is -0.136. The Kier molecular flexibility index (Phi) is 4.06. The number of hydrogen-bond donors (Lipinski definition) is 2. The van der Waals surface area contributed by atoms with Gasteiger partial charge in [-0.2, -0.15) is 5.10 Å². The normalized spacial score (nSPS) is 17.9. The summed E-state index contributed by atoms with van der Waals surface area (Å²) in [6.07, 6.45) is 2.54. The van der Waals surface area contributed by atoms with E-state index in [0.717, 1.165) is 18.5 Å². The smallest absolute Gasteiger partial charge is 0.329 e. The van der Waals surface area contributed by atoms with Crippen LogP contribution in [0.5, 0.6) is 0 Å². The van der Waals surface area contributed by atoms with Gasteiger partial charge in [0.2, 0.25) is 0 Å².